The Labute approximate surface area is 112 Å². The van der Waals surface area contributed by atoms with Crippen LogP contribution in [0.15, 0.2) is 27.4 Å². The average molecular weight is 280 g/mol. The van der Waals surface area contributed by atoms with Gasteiger partial charge in [0.15, 0.2) is 6.10 Å². The maximum Gasteiger partial charge on any atom is 0.347 e. The van der Waals surface area contributed by atoms with Gasteiger partial charge in [0.25, 0.3) is 0 Å². The molecule has 2 rings (SSSR count). The van der Waals surface area contributed by atoms with E-state index in [1.165, 1.54) is 25.3 Å². The summed E-state index contributed by atoms with van der Waals surface area (Å²) in [6.45, 7) is 0. The van der Waals surface area contributed by atoms with E-state index in [9.17, 15) is 19.8 Å². The number of rotatable bonds is 4. The number of aromatic hydroxyl groups is 1. The van der Waals surface area contributed by atoms with Gasteiger partial charge in [0.05, 0.1) is 7.11 Å². The van der Waals surface area contributed by atoms with E-state index in [1.54, 1.807) is 0 Å². The molecule has 1 aromatic heterocycles. The summed E-state index contributed by atoms with van der Waals surface area (Å²) in [7, 11) is 1.40. The van der Waals surface area contributed by atoms with Crippen LogP contribution in [0.5, 0.6) is 11.5 Å². The van der Waals surface area contributed by atoms with Crippen LogP contribution in [-0.2, 0) is 11.2 Å². The van der Waals surface area contributed by atoms with Crippen LogP contribution < -0.4 is 10.4 Å². The molecule has 1 aromatic carbocycles. The highest BCUT2D eigenvalue weighted by Gasteiger charge is 2.17. The van der Waals surface area contributed by atoms with Gasteiger partial charge in [-0.2, -0.15) is 0 Å². The van der Waals surface area contributed by atoms with E-state index >= 15 is 0 Å². The molecule has 0 aliphatic carbocycles. The summed E-state index contributed by atoms with van der Waals surface area (Å²) in [5.74, 6) is -1.37. The molecule has 0 saturated carbocycles. The highest BCUT2D eigenvalue weighted by atomic mass is 16.5. The number of phenols is 1. The number of aliphatic carboxylic acids is 1. The lowest BCUT2D eigenvalue weighted by Gasteiger charge is -2.07. The molecule has 0 aliphatic heterocycles. The Morgan fingerprint density at radius 1 is 1.40 bits per heavy atom. The second-order valence-corrected chi connectivity index (χ2v) is 4.17. The van der Waals surface area contributed by atoms with E-state index in [2.05, 4.69) is 0 Å². The number of aliphatic hydroxyl groups is 1. The number of hydrogen-bond acceptors (Lipinski definition) is 6. The lowest BCUT2D eigenvalue weighted by Crippen LogP contribution is -2.22. The molecule has 0 unspecified atom stereocenters. The standard InChI is InChI=1S/C13H12O7/c1-19-7-2-6-3-8(5-10(15)12(16)17)20-13(18)11(6)9(14)4-7/h2-4,10,14-15H,5H2,1H3,(H,16,17)/t10-/m0/s1. The molecule has 7 heteroatoms. The Hall–Kier alpha value is -2.54. The van der Waals surface area contributed by atoms with Gasteiger partial charge in [0, 0.05) is 12.5 Å². The average Bonchev–Trinajstić information content (AvgIpc) is 2.37. The summed E-state index contributed by atoms with van der Waals surface area (Å²) in [6.07, 6.45) is -2.02. The third-order valence-electron chi connectivity index (χ3n) is 2.78. The van der Waals surface area contributed by atoms with Crippen molar-refractivity contribution in [3.8, 4) is 11.5 Å². The van der Waals surface area contributed by atoms with Crippen molar-refractivity contribution in [3.63, 3.8) is 0 Å². The first-order valence-corrected chi connectivity index (χ1v) is 5.67. The van der Waals surface area contributed by atoms with Crippen molar-refractivity contribution in [2.24, 2.45) is 0 Å². The molecule has 106 valence electrons. The van der Waals surface area contributed by atoms with Crippen LogP contribution >= 0.6 is 0 Å². The van der Waals surface area contributed by atoms with Gasteiger partial charge in [-0.15, -0.1) is 0 Å². The first-order chi connectivity index (χ1) is 9.42. The fourth-order valence-corrected chi connectivity index (χ4v) is 1.83. The first-order valence-electron chi connectivity index (χ1n) is 5.67. The summed E-state index contributed by atoms with van der Waals surface area (Å²) in [4.78, 5) is 22.4. The molecule has 0 fully saturated rings. The molecule has 0 aliphatic rings. The lowest BCUT2D eigenvalue weighted by atomic mass is 10.1. The van der Waals surface area contributed by atoms with E-state index in [-0.39, 0.29) is 23.3 Å². The highest BCUT2D eigenvalue weighted by Crippen LogP contribution is 2.28. The third kappa shape index (κ3) is 2.57. The molecule has 3 N–H and O–H groups in total. The normalized spacial score (nSPS) is 12.3. The molecular formula is C13H12O7. The van der Waals surface area contributed by atoms with Crippen molar-refractivity contribution in [1.29, 1.82) is 0 Å². The number of hydrogen-bond donors (Lipinski definition) is 3. The smallest absolute Gasteiger partial charge is 0.347 e. The maximum atomic E-state index is 11.8. The van der Waals surface area contributed by atoms with E-state index in [0.29, 0.717) is 11.1 Å². The summed E-state index contributed by atoms with van der Waals surface area (Å²) in [5, 5.41) is 27.9. The number of carbonyl (C=O) groups is 1. The van der Waals surface area contributed by atoms with Gasteiger partial charge in [-0.25, -0.2) is 9.59 Å². The Morgan fingerprint density at radius 3 is 2.70 bits per heavy atom. The van der Waals surface area contributed by atoms with E-state index in [1.807, 2.05) is 0 Å². The van der Waals surface area contributed by atoms with Crippen LogP contribution in [-0.4, -0.2) is 34.5 Å². The van der Waals surface area contributed by atoms with Gasteiger partial charge in [0.2, 0.25) is 0 Å². The van der Waals surface area contributed by atoms with Crippen LogP contribution in [0.25, 0.3) is 10.8 Å². The number of carboxylic acids is 1. The SMILES string of the molecule is COc1cc(O)c2c(=O)oc(C[C@H](O)C(=O)O)cc2c1. The summed E-state index contributed by atoms with van der Waals surface area (Å²) in [5.41, 5.74) is -0.810. The topological polar surface area (TPSA) is 117 Å². The predicted octanol–water partition coefficient (Wildman–Crippen LogP) is 0.495. The fraction of sp³-hybridized carbons (Fsp3) is 0.231. The Kier molecular flexibility index (Phi) is 3.62. The van der Waals surface area contributed by atoms with Gasteiger partial charge < -0.3 is 24.5 Å². The van der Waals surface area contributed by atoms with Crippen molar-refractivity contribution < 1.29 is 29.3 Å². The van der Waals surface area contributed by atoms with Crippen LogP contribution in [0.4, 0.5) is 0 Å². The lowest BCUT2D eigenvalue weighted by molar-refractivity contribution is -0.146. The van der Waals surface area contributed by atoms with Crippen molar-refractivity contribution in [3.05, 3.63) is 34.4 Å². The van der Waals surface area contributed by atoms with Gasteiger partial charge >= 0.3 is 11.6 Å². The number of phenolic OH excluding ortho intramolecular Hbond substituents is 1. The fourth-order valence-electron chi connectivity index (χ4n) is 1.83. The van der Waals surface area contributed by atoms with Crippen molar-refractivity contribution in [2.75, 3.05) is 7.11 Å². The summed E-state index contributed by atoms with van der Waals surface area (Å²) >= 11 is 0. The zero-order valence-corrected chi connectivity index (χ0v) is 10.5. The van der Waals surface area contributed by atoms with E-state index < -0.39 is 17.7 Å². The molecule has 1 heterocycles. The molecule has 1 atom stereocenters. The molecule has 0 spiro atoms. The molecule has 0 saturated heterocycles. The number of fused-ring (bicyclic) bond motifs is 1. The zero-order chi connectivity index (χ0) is 14.9. The quantitative estimate of drug-likeness (QED) is 0.746. The molecule has 0 amide bonds. The minimum atomic E-state index is -1.67. The van der Waals surface area contributed by atoms with Crippen molar-refractivity contribution in [2.45, 2.75) is 12.5 Å². The minimum absolute atomic E-state index is 0.00468. The van der Waals surface area contributed by atoms with Gasteiger partial charge in [-0.1, -0.05) is 0 Å². The van der Waals surface area contributed by atoms with Crippen molar-refractivity contribution >= 4 is 16.7 Å². The number of carboxylic acid groups (broad SMARTS) is 1. The zero-order valence-electron chi connectivity index (χ0n) is 10.5. The Balaban J connectivity index is 2.56. The summed E-state index contributed by atoms with van der Waals surface area (Å²) < 4.78 is 9.85. The maximum absolute atomic E-state index is 11.8. The summed E-state index contributed by atoms with van der Waals surface area (Å²) in [6, 6.07) is 4.15. The first kappa shape index (κ1) is 13.9. The van der Waals surface area contributed by atoms with E-state index in [4.69, 9.17) is 14.3 Å². The monoisotopic (exact) mass is 280 g/mol. The molecule has 0 bridgehead atoms. The molecule has 0 radical (unpaired) electrons. The van der Waals surface area contributed by atoms with Gasteiger partial charge in [0.1, 0.15) is 22.6 Å². The van der Waals surface area contributed by atoms with Gasteiger partial charge in [-0.3, -0.25) is 0 Å². The number of ether oxygens (including phenoxy) is 1. The minimum Gasteiger partial charge on any atom is -0.507 e. The number of aliphatic hydroxyl groups excluding tert-OH is 1. The molecular weight excluding hydrogens is 268 g/mol. The largest absolute Gasteiger partial charge is 0.507 e. The Morgan fingerprint density at radius 2 is 2.10 bits per heavy atom. The number of methoxy groups -OCH3 is 1. The molecule has 7 nitrogen and oxygen atoms in total. The van der Waals surface area contributed by atoms with E-state index in [0.717, 1.165) is 0 Å². The number of benzene rings is 1. The van der Waals surface area contributed by atoms with Crippen LogP contribution in [0, 0.1) is 0 Å². The second kappa shape index (κ2) is 5.22. The second-order valence-electron chi connectivity index (χ2n) is 4.17. The predicted molar refractivity (Wildman–Crippen MR) is 68.0 cm³/mol. The van der Waals surface area contributed by atoms with Crippen LogP contribution in [0.1, 0.15) is 5.76 Å². The van der Waals surface area contributed by atoms with Gasteiger partial charge in [-0.05, 0) is 17.5 Å². The highest BCUT2D eigenvalue weighted by molar-refractivity contribution is 5.88. The molecule has 20 heavy (non-hydrogen) atoms. The Bertz CT molecular complexity index is 716. The van der Waals surface area contributed by atoms with Crippen LogP contribution in [0.2, 0.25) is 0 Å². The third-order valence-corrected chi connectivity index (χ3v) is 2.78. The molecule has 2 aromatic rings. The van der Waals surface area contributed by atoms with Crippen molar-refractivity contribution in [1.82, 2.24) is 0 Å². The van der Waals surface area contributed by atoms with Crippen LogP contribution in [0.3, 0.4) is 0 Å².